The van der Waals surface area contributed by atoms with Crippen molar-refractivity contribution >= 4 is 29.4 Å². The molecule has 2 amide bonds. The lowest BCUT2D eigenvalue weighted by Gasteiger charge is -2.17. The van der Waals surface area contributed by atoms with E-state index in [0.717, 1.165) is 0 Å². The number of nitrogens with zero attached hydrogens (tertiary/aromatic N) is 2. The molecule has 10 heteroatoms. The van der Waals surface area contributed by atoms with E-state index < -0.39 is 28.7 Å². The fraction of sp³-hybridized carbons (Fsp3) is 0.0909. The van der Waals surface area contributed by atoms with Gasteiger partial charge in [-0.2, -0.15) is 0 Å². The topological polar surface area (TPSA) is 151 Å². The minimum absolute atomic E-state index is 0.0454. The first kappa shape index (κ1) is 14.1. The molecule has 1 fully saturated rings. The van der Waals surface area contributed by atoms with Crippen molar-refractivity contribution < 1.29 is 24.4 Å². The fourth-order valence-corrected chi connectivity index (χ4v) is 1.58. The molecule has 21 heavy (non-hydrogen) atoms. The maximum Gasteiger partial charge on any atom is 0.366 e. The third-order valence-electron chi connectivity index (χ3n) is 2.55. The molecule has 1 saturated heterocycles. The number of carboxylic acids is 1. The lowest BCUT2D eigenvalue weighted by molar-refractivity contribution is -0.494. The summed E-state index contributed by atoms with van der Waals surface area (Å²) < 4.78 is 0. The van der Waals surface area contributed by atoms with Crippen LogP contribution in [0.3, 0.4) is 0 Å². The zero-order chi connectivity index (χ0) is 15.6. The van der Waals surface area contributed by atoms with Gasteiger partial charge in [0, 0.05) is 4.92 Å². The monoisotopic (exact) mass is 292 g/mol. The molecule has 0 spiro atoms. The SMILES string of the molecule is O=C(O)c1ccc(N=C2NC(=O)C([N+](=O)[O-])C(=O)N2)cc1. The Kier molecular flexibility index (Phi) is 3.61. The van der Waals surface area contributed by atoms with Crippen molar-refractivity contribution in [2.45, 2.75) is 6.04 Å². The third kappa shape index (κ3) is 3.00. The second-order valence-corrected chi connectivity index (χ2v) is 3.98. The van der Waals surface area contributed by atoms with Gasteiger partial charge in [-0.1, -0.05) is 0 Å². The molecule has 0 aromatic heterocycles. The van der Waals surface area contributed by atoms with Gasteiger partial charge in [-0.05, 0) is 24.3 Å². The third-order valence-corrected chi connectivity index (χ3v) is 2.55. The van der Waals surface area contributed by atoms with E-state index in [1.807, 2.05) is 0 Å². The predicted octanol–water partition coefficient (Wildman–Crippen LogP) is -0.736. The highest BCUT2D eigenvalue weighted by atomic mass is 16.6. The Morgan fingerprint density at radius 1 is 1.19 bits per heavy atom. The summed E-state index contributed by atoms with van der Waals surface area (Å²) >= 11 is 0. The van der Waals surface area contributed by atoms with Gasteiger partial charge in [-0.15, -0.1) is 0 Å². The van der Waals surface area contributed by atoms with Crippen LogP contribution >= 0.6 is 0 Å². The normalized spacial score (nSPS) is 17.7. The summed E-state index contributed by atoms with van der Waals surface area (Å²) in [5, 5.41) is 23.4. The number of guanidine groups is 1. The first-order valence-electron chi connectivity index (χ1n) is 5.56. The summed E-state index contributed by atoms with van der Waals surface area (Å²) in [6.07, 6.45) is 0. The highest BCUT2D eigenvalue weighted by Gasteiger charge is 2.43. The predicted molar refractivity (Wildman–Crippen MR) is 67.6 cm³/mol. The summed E-state index contributed by atoms with van der Waals surface area (Å²) in [4.78, 5) is 46.9. The molecule has 1 aromatic rings. The molecule has 108 valence electrons. The molecule has 1 heterocycles. The Bertz CT molecular complexity index is 646. The van der Waals surface area contributed by atoms with Gasteiger partial charge >= 0.3 is 23.8 Å². The largest absolute Gasteiger partial charge is 0.478 e. The molecule has 1 aliphatic rings. The maximum absolute atomic E-state index is 11.4. The Labute approximate surface area is 116 Å². The zero-order valence-corrected chi connectivity index (χ0v) is 10.3. The number of nitrogens with one attached hydrogen (secondary N) is 2. The molecule has 0 radical (unpaired) electrons. The Balaban J connectivity index is 2.19. The number of hydrogen-bond donors (Lipinski definition) is 3. The Hall–Kier alpha value is -3.30. The van der Waals surface area contributed by atoms with E-state index in [1.165, 1.54) is 24.3 Å². The summed E-state index contributed by atoms with van der Waals surface area (Å²) in [6.45, 7) is 0. The van der Waals surface area contributed by atoms with Gasteiger partial charge in [0.1, 0.15) is 0 Å². The van der Waals surface area contributed by atoms with Crippen LogP contribution in [0, 0.1) is 10.1 Å². The molecule has 0 bridgehead atoms. The van der Waals surface area contributed by atoms with E-state index in [-0.39, 0.29) is 17.2 Å². The van der Waals surface area contributed by atoms with Crippen LogP contribution in [0.15, 0.2) is 29.3 Å². The average Bonchev–Trinajstić information content (AvgIpc) is 2.37. The minimum atomic E-state index is -2.02. The second kappa shape index (κ2) is 5.36. The minimum Gasteiger partial charge on any atom is -0.478 e. The van der Waals surface area contributed by atoms with Crippen LogP contribution in [-0.4, -0.2) is 39.8 Å². The molecule has 0 unspecified atom stereocenters. The van der Waals surface area contributed by atoms with E-state index >= 15 is 0 Å². The van der Waals surface area contributed by atoms with Gasteiger partial charge in [0.15, 0.2) is 0 Å². The number of hydrogen-bond acceptors (Lipinski definition) is 6. The second-order valence-electron chi connectivity index (χ2n) is 3.98. The van der Waals surface area contributed by atoms with Crippen LogP contribution in [0.2, 0.25) is 0 Å². The van der Waals surface area contributed by atoms with Crippen LogP contribution in [0.25, 0.3) is 0 Å². The van der Waals surface area contributed by atoms with Crippen LogP contribution in [0.5, 0.6) is 0 Å². The van der Waals surface area contributed by atoms with Gasteiger partial charge in [0.2, 0.25) is 5.96 Å². The molecule has 1 aliphatic heterocycles. The first-order valence-corrected chi connectivity index (χ1v) is 5.56. The number of aliphatic imine (C=N–C) groups is 1. The average molecular weight is 292 g/mol. The van der Waals surface area contributed by atoms with Gasteiger partial charge in [-0.3, -0.25) is 30.3 Å². The highest BCUT2D eigenvalue weighted by molar-refractivity contribution is 6.19. The molecule has 0 aliphatic carbocycles. The fourth-order valence-electron chi connectivity index (χ4n) is 1.58. The summed E-state index contributed by atoms with van der Waals surface area (Å²) in [5.41, 5.74) is 0.305. The molecule has 0 atom stereocenters. The van der Waals surface area contributed by atoms with Crippen molar-refractivity contribution in [3.63, 3.8) is 0 Å². The molecule has 3 N–H and O–H groups in total. The molecule has 1 aromatic carbocycles. The van der Waals surface area contributed by atoms with Gasteiger partial charge in [0.25, 0.3) is 0 Å². The Morgan fingerprint density at radius 2 is 1.71 bits per heavy atom. The smallest absolute Gasteiger partial charge is 0.366 e. The zero-order valence-electron chi connectivity index (χ0n) is 10.3. The van der Waals surface area contributed by atoms with Crippen molar-refractivity contribution in [3.8, 4) is 0 Å². The number of amides is 2. The number of carbonyl (C=O) groups is 3. The molecule has 2 rings (SSSR count). The summed E-state index contributed by atoms with van der Waals surface area (Å²) in [6, 6.07) is 3.27. The van der Waals surface area contributed by atoms with Crippen LogP contribution in [-0.2, 0) is 9.59 Å². The molecule has 10 nitrogen and oxygen atoms in total. The molecule has 0 saturated carbocycles. The number of carboxylic acid groups (broad SMARTS) is 1. The summed E-state index contributed by atoms with van der Waals surface area (Å²) in [7, 11) is 0. The van der Waals surface area contributed by atoms with Crippen molar-refractivity contribution in [1.29, 1.82) is 0 Å². The van der Waals surface area contributed by atoms with Crippen molar-refractivity contribution in [2.24, 2.45) is 4.99 Å². The Morgan fingerprint density at radius 3 is 2.14 bits per heavy atom. The lowest BCUT2D eigenvalue weighted by Crippen LogP contribution is -2.61. The number of benzene rings is 1. The van der Waals surface area contributed by atoms with Crippen LogP contribution < -0.4 is 10.6 Å². The van der Waals surface area contributed by atoms with E-state index in [2.05, 4.69) is 15.6 Å². The molecular formula is C11H8N4O6. The first-order chi connectivity index (χ1) is 9.88. The van der Waals surface area contributed by atoms with Crippen molar-refractivity contribution in [2.75, 3.05) is 0 Å². The number of nitro groups is 1. The quantitative estimate of drug-likeness (QED) is 0.379. The molecular weight excluding hydrogens is 284 g/mol. The number of aromatic carboxylic acids is 1. The standard InChI is InChI=1S/C11H8N4O6/c16-8-7(15(20)21)9(17)14-11(13-8)12-6-3-1-5(2-4-6)10(18)19/h1-4,7H,(H,18,19)(H2,12,13,14,16,17). The summed E-state index contributed by atoms with van der Waals surface area (Å²) in [5.74, 6) is -3.55. The highest BCUT2D eigenvalue weighted by Crippen LogP contribution is 2.13. The van der Waals surface area contributed by atoms with E-state index in [9.17, 15) is 24.5 Å². The lowest BCUT2D eigenvalue weighted by atomic mass is 10.2. The van der Waals surface area contributed by atoms with E-state index in [4.69, 9.17) is 5.11 Å². The number of carbonyl (C=O) groups excluding carboxylic acids is 2. The van der Waals surface area contributed by atoms with Gasteiger partial charge in [0.05, 0.1) is 11.3 Å². The van der Waals surface area contributed by atoms with Gasteiger partial charge < -0.3 is 5.11 Å². The van der Waals surface area contributed by atoms with Crippen molar-refractivity contribution in [3.05, 3.63) is 39.9 Å². The van der Waals surface area contributed by atoms with Gasteiger partial charge in [-0.25, -0.2) is 9.79 Å². The van der Waals surface area contributed by atoms with Crippen LogP contribution in [0.1, 0.15) is 10.4 Å². The van der Waals surface area contributed by atoms with E-state index in [0.29, 0.717) is 0 Å². The van der Waals surface area contributed by atoms with Crippen LogP contribution in [0.4, 0.5) is 5.69 Å². The number of rotatable bonds is 3. The van der Waals surface area contributed by atoms with E-state index in [1.54, 1.807) is 0 Å². The maximum atomic E-state index is 11.4. The van der Waals surface area contributed by atoms with Crippen molar-refractivity contribution in [1.82, 2.24) is 10.6 Å².